The van der Waals surface area contributed by atoms with Gasteiger partial charge in [-0.2, -0.15) is 0 Å². The summed E-state index contributed by atoms with van der Waals surface area (Å²) < 4.78 is 5.24. The van der Waals surface area contributed by atoms with Crippen molar-refractivity contribution in [1.29, 1.82) is 0 Å². The van der Waals surface area contributed by atoms with Gasteiger partial charge in [0.2, 0.25) is 0 Å². The van der Waals surface area contributed by atoms with Crippen LogP contribution in [-0.2, 0) is 11.3 Å². The fraction of sp³-hybridized carbons (Fsp3) is 0.600. The molecule has 18 heavy (non-hydrogen) atoms. The van der Waals surface area contributed by atoms with E-state index in [1.165, 1.54) is 43.7 Å². The van der Waals surface area contributed by atoms with Crippen molar-refractivity contribution < 1.29 is 4.74 Å². The van der Waals surface area contributed by atoms with E-state index in [2.05, 4.69) is 41.4 Å². The van der Waals surface area contributed by atoms with E-state index in [0.717, 1.165) is 0 Å². The van der Waals surface area contributed by atoms with E-state index in [-0.39, 0.29) is 0 Å². The van der Waals surface area contributed by atoms with Crippen molar-refractivity contribution in [2.75, 3.05) is 32.1 Å². The second kappa shape index (κ2) is 6.76. The lowest BCUT2D eigenvalue weighted by Crippen LogP contribution is -2.39. The van der Waals surface area contributed by atoms with Gasteiger partial charge in [0.25, 0.3) is 0 Å². The molecule has 0 spiro atoms. The van der Waals surface area contributed by atoms with E-state index in [1.807, 2.05) is 0 Å². The van der Waals surface area contributed by atoms with Crippen LogP contribution in [0.5, 0.6) is 0 Å². The Kier molecular flexibility index (Phi) is 5.02. The van der Waals surface area contributed by atoms with E-state index < -0.39 is 0 Å². The number of nitrogens with zero attached hydrogens (tertiary/aromatic N) is 1. The second-order valence-electron chi connectivity index (χ2n) is 4.94. The third-order valence-corrected chi connectivity index (χ3v) is 3.71. The highest BCUT2D eigenvalue weighted by Crippen LogP contribution is 2.20. The van der Waals surface area contributed by atoms with Crippen LogP contribution < -0.4 is 5.32 Å². The van der Waals surface area contributed by atoms with E-state index in [9.17, 15) is 0 Å². The van der Waals surface area contributed by atoms with Crippen molar-refractivity contribution in [3.8, 4) is 0 Å². The lowest BCUT2D eigenvalue weighted by atomic mass is 10.0. The van der Waals surface area contributed by atoms with Crippen molar-refractivity contribution in [1.82, 2.24) is 4.90 Å². The predicted molar refractivity (Wildman–Crippen MR) is 75.9 cm³/mol. The maximum absolute atomic E-state index is 5.24. The van der Waals surface area contributed by atoms with E-state index in [4.69, 9.17) is 4.74 Å². The molecule has 1 aromatic carbocycles. The minimum Gasteiger partial charge on any atom is -0.382 e. The van der Waals surface area contributed by atoms with Gasteiger partial charge in [-0.15, -0.1) is 0 Å². The first kappa shape index (κ1) is 13.4. The van der Waals surface area contributed by atoms with Crippen molar-refractivity contribution in [2.24, 2.45) is 0 Å². The SMILES string of the molecule is CCN1CCC(Nc2ccccc2COC)CC1. The molecule has 0 aromatic heterocycles. The molecule has 0 aliphatic carbocycles. The molecule has 1 fully saturated rings. The van der Waals surface area contributed by atoms with Crippen LogP contribution in [-0.4, -0.2) is 37.7 Å². The number of ether oxygens (including phenoxy) is 1. The Hall–Kier alpha value is -1.06. The number of hydrogen-bond donors (Lipinski definition) is 1. The smallest absolute Gasteiger partial charge is 0.0733 e. The summed E-state index contributed by atoms with van der Waals surface area (Å²) in [5.41, 5.74) is 2.48. The Morgan fingerprint density at radius 2 is 2.00 bits per heavy atom. The molecule has 1 heterocycles. The molecule has 1 saturated heterocycles. The average Bonchev–Trinajstić information content (AvgIpc) is 2.42. The zero-order chi connectivity index (χ0) is 12.8. The molecule has 100 valence electrons. The largest absolute Gasteiger partial charge is 0.382 e. The molecule has 1 aliphatic rings. The quantitative estimate of drug-likeness (QED) is 0.867. The third kappa shape index (κ3) is 3.47. The molecule has 0 saturated carbocycles. The summed E-state index contributed by atoms with van der Waals surface area (Å²) in [5.74, 6) is 0. The van der Waals surface area contributed by atoms with Crippen LogP contribution in [0.1, 0.15) is 25.3 Å². The van der Waals surface area contributed by atoms with Gasteiger partial charge in [0.05, 0.1) is 6.61 Å². The van der Waals surface area contributed by atoms with Crippen molar-refractivity contribution in [3.63, 3.8) is 0 Å². The van der Waals surface area contributed by atoms with Crippen LogP contribution in [0.2, 0.25) is 0 Å². The fourth-order valence-corrected chi connectivity index (χ4v) is 2.56. The van der Waals surface area contributed by atoms with Crippen molar-refractivity contribution in [2.45, 2.75) is 32.4 Å². The highest BCUT2D eigenvalue weighted by Gasteiger charge is 2.18. The average molecular weight is 248 g/mol. The normalized spacial score (nSPS) is 17.9. The maximum Gasteiger partial charge on any atom is 0.0733 e. The van der Waals surface area contributed by atoms with Gasteiger partial charge in [-0.25, -0.2) is 0 Å². The molecular formula is C15H24N2O. The number of piperidine rings is 1. The Morgan fingerprint density at radius 1 is 1.28 bits per heavy atom. The first-order valence-corrected chi connectivity index (χ1v) is 6.89. The Labute approximate surface area is 110 Å². The number of likely N-dealkylation sites (tertiary alicyclic amines) is 1. The van der Waals surface area contributed by atoms with Gasteiger partial charge < -0.3 is 15.0 Å². The summed E-state index contributed by atoms with van der Waals surface area (Å²) in [6, 6.07) is 9.04. The van der Waals surface area contributed by atoms with Gasteiger partial charge in [0.1, 0.15) is 0 Å². The molecule has 2 rings (SSSR count). The standard InChI is InChI=1S/C15H24N2O/c1-3-17-10-8-14(9-11-17)16-15-7-5-4-6-13(15)12-18-2/h4-7,14,16H,3,8-12H2,1-2H3. The minimum absolute atomic E-state index is 0.603. The van der Waals surface area contributed by atoms with Gasteiger partial charge in [-0.3, -0.25) is 0 Å². The number of methoxy groups -OCH3 is 1. The van der Waals surface area contributed by atoms with Crippen LogP contribution in [0.3, 0.4) is 0 Å². The van der Waals surface area contributed by atoms with Crippen LogP contribution >= 0.6 is 0 Å². The number of rotatable bonds is 5. The minimum atomic E-state index is 0.603. The summed E-state index contributed by atoms with van der Waals surface area (Å²) >= 11 is 0. The fourth-order valence-electron chi connectivity index (χ4n) is 2.56. The first-order valence-electron chi connectivity index (χ1n) is 6.89. The molecule has 1 N–H and O–H groups in total. The van der Waals surface area contributed by atoms with Gasteiger partial charge in [-0.05, 0) is 25.5 Å². The summed E-state index contributed by atoms with van der Waals surface area (Å²) in [6.07, 6.45) is 2.46. The lowest BCUT2D eigenvalue weighted by Gasteiger charge is -2.32. The number of benzene rings is 1. The van der Waals surface area contributed by atoms with E-state index >= 15 is 0 Å². The summed E-state index contributed by atoms with van der Waals surface area (Å²) in [7, 11) is 1.75. The number of hydrogen-bond acceptors (Lipinski definition) is 3. The molecule has 3 heteroatoms. The highest BCUT2D eigenvalue weighted by molar-refractivity contribution is 5.51. The van der Waals surface area contributed by atoms with E-state index in [1.54, 1.807) is 7.11 Å². The number of para-hydroxylation sites is 1. The molecule has 0 radical (unpaired) electrons. The first-order chi connectivity index (χ1) is 8.83. The lowest BCUT2D eigenvalue weighted by molar-refractivity contribution is 0.185. The zero-order valence-corrected chi connectivity index (χ0v) is 11.5. The molecule has 1 aliphatic heterocycles. The molecule has 3 nitrogen and oxygen atoms in total. The van der Waals surface area contributed by atoms with Crippen LogP contribution in [0.25, 0.3) is 0 Å². The topological polar surface area (TPSA) is 24.5 Å². The van der Waals surface area contributed by atoms with Gasteiger partial charge in [0.15, 0.2) is 0 Å². The van der Waals surface area contributed by atoms with Gasteiger partial charge in [0, 0.05) is 37.5 Å². The monoisotopic (exact) mass is 248 g/mol. The molecule has 0 bridgehead atoms. The highest BCUT2D eigenvalue weighted by atomic mass is 16.5. The summed E-state index contributed by atoms with van der Waals surface area (Å²) in [4.78, 5) is 2.51. The summed E-state index contributed by atoms with van der Waals surface area (Å²) in [6.45, 7) is 6.51. The molecule has 0 amide bonds. The number of nitrogens with one attached hydrogen (secondary N) is 1. The third-order valence-electron chi connectivity index (χ3n) is 3.71. The van der Waals surface area contributed by atoms with E-state index in [0.29, 0.717) is 12.6 Å². The second-order valence-corrected chi connectivity index (χ2v) is 4.94. The molecule has 1 aromatic rings. The molecule has 0 atom stereocenters. The van der Waals surface area contributed by atoms with Crippen LogP contribution in [0.4, 0.5) is 5.69 Å². The Bertz CT molecular complexity index is 359. The van der Waals surface area contributed by atoms with Crippen molar-refractivity contribution in [3.05, 3.63) is 29.8 Å². The summed E-state index contributed by atoms with van der Waals surface area (Å²) in [5, 5.41) is 3.67. The van der Waals surface area contributed by atoms with Gasteiger partial charge >= 0.3 is 0 Å². The number of anilines is 1. The zero-order valence-electron chi connectivity index (χ0n) is 11.5. The molecule has 0 unspecified atom stereocenters. The van der Waals surface area contributed by atoms with Crippen molar-refractivity contribution >= 4 is 5.69 Å². The Morgan fingerprint density at radius 3 is 2.67 bits per heavy atom. The van der Waals surface area contributed by atoms with Crippen LogP contribution in [0.15, 0.2) is 24.3 Å². The maximum atomic E-state index is 5.24. The Balaban J connectivity index is 1.93. The predicted octanol–water partition coefficient (Wildman–Crippen LogP) is 2.73. The molecular weight excluding hydrogens is 224 g/mol. The van der Waals surface area contributed by atoms with Crippen LogP contribution in [0, 0.1) is 0 Å². The van der Waals surface area contributed by atoms with Gasteiger partial charge in [-0.1, -0.05) is 25.1 Å².